The first kappa shape index (κ1) is 6.42. The van der Waals surface area contributed by atoms with E-state index in [1.54, 1.807) is 18.6 Å². The third kappa shape index (κ3) is 1.93. The van der Waals surface area contributed by atoms with Gasteiger partial charge in [-0.05, 0) is 6.92 Å². The van der Waals surface area contributed by atoms with Crippen LogP contribution in [-0.2, 0) is 11.2 Å². The minimum atomic E-state index is 0.194. The van der Waals surface area contributed by atoms with E-state index >= 15 is 0 Å². The summed E-state index contributed by atoms with van der Waals surface area (Å²) in [7, 11) is 0. The molecule has 0 amide bonds. The number of carbonyl (C=O) groups excluding carboxylic acids is 1. The predicted molar refractivity (Wildman–Crippen MR) is 36.5 cm³/mol. The van der Waals surface area contributed by atoms with Gasteiger partial charge in [-0.15, -0.1) is 11.3 Å². The largest absolute Gasteiger partial charge is 0.300 e. The lowest BCUT2D eigenvalue weighted by Crippen LogP contribution is -1.92. The molecule has 1 aromatic rings. The molecule has 0 radical (unpaired) electrons. The van der Waals surface area contributed by atoms with Crippen LogP contribution in [0.5, 0.6) is 0 Å². The Kier molecular flexibility index (Phi) is 1.95. The van der Waals surface area contributed by atoms with Crippen molar-refractivity contribution in [2.45, 2.75) is 13.3 Å². The van der Waals surface area contributed by atoms with Crippen molar-refractivity contribution in [1.82, 2.24) is 4.98 Å². The summed E-state index contributed by atoms with van der Waals surface area (Å²) in [6, 6.07) is 0. The molecule has 2 nitrogen and oxygen atoms in total. The number of aromatic nitrogens is 1. The van der Waals surface area contributed by atoms with Gasteiger partial charge >= 0.3 is 0 Å². The molecule has 0 bridgehead atoms. The Labute approximate surface area is 57.5 Å². The summed E-state index contributed by atoms with van der Waals surface area (Å²) in [6.45, 7) is 1.58. The number of ketones is 1. The van der Waals surface area contributed by atoms with Gasteiger partial charge in [0.2, 0.25) is 0 Å². The highest BCUT2D eigenvalue weighted by Crippen LogP contribution is 2.05. The van der Waals surface area contributed by atoms with Crippen LogP contribution in [0.2, 0.25) is 0 Å². The normalized spacial score (nSPS) is 9.44. The number of thiazole rings is 1. The maximum Gasteiger partial charge on any atom is 0.135 e. The standard InChI is InChI=1S/C6H7NOS/c1-5(8)2-6-3-7-4-9-6/h3-4H,2H2,1H3. The molecule has 0 N–H and O–H groups in total. The molecule has 0 atom stereocenters. The molecule has 0 fully saturated rings. The van der Waals surface area contributed by atoms with Crippen molar-refractivity contribution in [3.63, 3.8) is 0 Å². The Balaban J connectivity index is 2.58. The van der Waals surface area contributed by atoms with Gasteiger partial charge in [-0.25, -0.2) is 0 Å². The maximum atomic E-state index is 10.5. The van der Waals surface area contributed by atoms with Gasteiger partial charge in [-0.2, -0.15) is 0 Å². The Bertz CT molecular complexity index is 193. The fraction of sp³-hybridized carbons (Fsp3) is 0.333. The molecule has 0 saturated heterocycles. The Morgan fingerprint density at radius 2 is 2.67 bits per heavy atom. The van der Waals surface area contributed by atoms with Crippen molar-refractivity contribution >= 4 is 17.1 Å². The topological polar surface area (TPSA) is 30.0 Å². The van der Waals surface area contributed by atoms with Gasteiger partial charge in [0.1, 0.15) is 5.78 Å². The number of Topliss-reactive ketones (excluding diaryl/α,β-unsaturated/α-hetero) is 1. The average molecular weight is 141 g/mol. The van der Waals surface area contributed by atoms with E-state index in [2.05, 4.69) is 4.98 Å². The van der Waals surface area contributed by atoms with Crippen molar-refractivity contribution in [3.8, 4) is 0 Å². The first-order chi connectivity index (χ1) is 4.29. The van der Waals surface area contributed by atoms with E-state index in [0.717, 1.165) is 4.88 Å². The van der Waals surface area contributed by atoms with Crippen LogP contribution in [0.1, 0.15) is 11.8 Å². The van der Waals surface area contributed by atoms with Crippen LogP contribution in [0.4, 0.5) is 0 Å². The smallest absolute Gasteiger partial charge is 0.135 e. The van der Waals surface area contributed by atoms with E-state index in [9.17, 15) is 4.79 Å². The Morgan fingerprint density at radius 1 is 1.89 bits per heavy atom. The molecule has 0 aromatic carbocycles. The summed E-state index contributed by atoms with van der Waals surface area (Å²) in [5.74, 6) is 0.194. The molecule has 0 aliphatic rings. The SMILES string of the molecule is CC(=O)Cc1cncs1. The molecule has 0 unspecified atom stereocenters. The lowest BCUT2D eigenvalue weighted by Gasteiger charge is -1.84. The maximum absolute atomic E-state index is 10.5. The van der Waals surface area contributed by atoms with Crippen LogP contribution in [0.15, 0.2) is 11.7 Å². The second-order valence-corrected chi connectivity index (χ2v) is 2.82. The molecule has 0 saturated carbocycles. The highest BCUT2D eigenvalue weighted by Gasteiger charge is 1.96. The molecule has 1 aromatic heterocycles. The summed E-state index contributed by atoms with van der Waals surface area (Å²) in [4.78, 5) is 15.4. The van der Waals surface area contributed by atoms with Crippen LogP contribution in [0.25, 0.3) is 0 Å². The zero-order valence-electron chi connectivity index (χ0n) is 5.13. The lowest BCUT2D eigenvalue weighted by molar-refractivity contribution is -0.116. The first-order valence-corrected chi connectivity index (χ1v) is 3.54. The molecule has 1 heterocycles. The highest BCUT2D eigenvalue weighted by molar-refractivity contribution is 7.09. The van der Waals surface area contributed by atoms with Crippen molar-refractivity contribution in [2.75, 3.05) is 0 Å². The lowest BCUT2D eigenvalue weighted by atomic mass is 10.3. The number of hydrogen-bond donors (Lipinski definition) is 0. The van der Waals surface area contributed by atoms with E-state index < -0.39 is 0 Å². The van der Waals surface area contributed by atoms with E-state index in [1.165, 1.54) is 11.3 Å². The summed E-state index contributed by atoms with van der Waals surface area (Å²) in [5, 5.41) is 0. The van der Waals surface area contributed by atoms with Crippen LogP contribution in [0.3, 0.4) is 0 Å². The Hall–Kier alpha value is -0.700. The molecular weight excluding hydrogens is 134 g/mol. The van der Waals surface area contributed by atoms with Crippen LogP contribution < -0.4 is 0 Å². The van der Waals surface area contributed by atoms with Crippen molar-refractivity contribution < 1.29 is 4.79 Å². The van der Waals surface area contributed by atoms with E-state index in [-0.39, 0.29) is 5.78 Å². The van der Waals surface area contributed by atoms with Gasteiger partial charge in [0.15, 0.2) is 0 Å². The zero-order chi connectivity index (χ0) is 6.69. The van der Waals surface area contributed by atoms with Crippen molar-refractivity contribution in [3.05, 3.63) is 16.6 Å². The fourth-order valence-electron chi connectivity index (χ4n) is 0.575. The highest BCUT2D eigenvalue weighted by atomic mass is 32.1. The van der Waals surface area contributed by atoms with Crippen LogP contribution in [-0.4, -0.2) is 10.8 Å². The summed E-state index contributed by atoms with van der Waals surface area (Å²) in [5.41, 5.74) is 1.73. The number of rotatable bonds is 2. The number of hydrogen-bond acceptors (Lipinski definition) is 3. The molecule has 0 spiro atoms. The second-order valence-electron chi connectivity index (χ2n) is 1.85. The third-order valence-corrected chi connectivity index (χ3v) is 1.69. The van der Waals surface area contributed by atoms with Gasteiger partial charge in [0, 0.05) is 17.5 Å². The van der Waals surface area contributed by atoms with Crippen molar-refractivity contribution in [2.24, 2.45) is 0 Å². The monoisotopic (exact) mass is 141 g/mol. The minimum absolute atomic E-state index is 0.194. The van der Waals surface area contributed by atoms with Crippen LogP contribution in [0, 0.1) is 0 Å². The summed E-state index contributed by atoms with van der Waals surface area (Å²) in [6.07, 6.45) is 2.26. The number of nitrogens with zero attached hydrogens (tertiary/aromatic N) is 1. The van der Waals surface area contributed by atoms with Gasteiger partial charge in [0.05, 0.1) is 5.51 Å². The van der Waals surface area contributed by atoms with Gasteiger partial charge in [-0.3, -0.25) is 9.78 Å². The molecule has 1 rings (SSSR count). The van der Waals surface area contributed by atoms with Crippen LogP contribution >= 0.6 is 11.3 Å². The van der Waals surface area contributed by atoms with E-state index in [1.807, 2.05) is 0 Å². The molecular formula is C6H7NOS. The first-order valence-electron chi connectivity index (χ1n) is 2.66. The summed E-state index contributed by atoms with van der Waals surface area (Å²) < 4.78 is 0. The molecule has 3 heteroatoms. The zero-order valence-corrected chi connectivity index (χ0v) is 5.94. The molecule has 48 valence electrons. The quantitative estimate of drug-likeness (QED) is 0.621. The minimum Gasteiger partial charge on any atom is -0.300 e. The predicted octanol–water partition coefficient (Wildman–Crippen LogP) is 1.27. The van der Waals surface area contributed by atoms with Gasteiger partial charge in [0.25, 0.3) is 0 Å². The number of carbonyl (C=O) groups is 1. The molecule has 0 aliphatic heterocycles. The fourth-order valence-corrected chi connectivity index (χ4v) is 1.24. The van der Waals surface area contributed by atoms with Crippen molar-refractivity contribution in [1.29, 1.82) is 0 Å². The second kappa shape index (κ2) is 2.73. The van der Waals surface area contributed by atoms with E-state index in [0.29, 0.717) is 6.42 Å². The Morgan fingerprint density at radius 3 is 3.11 bits per heavy atom. The third-order valence-electron chi connectivity index (χ3n) is 0.907. The summed E-state index contributed by atoms with van der Waals surface area (Å²) >= 11 is 1.52. The average Bonchev–Trinajstić information content (AvgIpc) is 2.15. The molecule has 9 heavy (non-hydrogen) atoms. The van der Waals surface area contributed by atoms with E-state index in [4.69, 9.17) is 0 Å². The van der Waals surface area contributed by atoms with Gasteiger partial charge in [-0.1, -0.05) is 0 Å². The molecule has 0 aliphatic carbocycles. The van der Waals surface area contributed by atoms with Gasteiger partial charge < -0.3 is 0 Å².